The van der Waals surface area contributed by atoms with E-state index < -0.39 is 17.5 Å². The van der Waals surface area contributed by atoms with Crippen molar-refractivity contribution in [3.63, 3.8) is 0 Å². The van der Waals surface area contributed by atoms with E-state index in [2.05, 4.69) is 79.9 Å². The summed E-state index contributed by atoms with van der Waals surface area (Å²) in [4.78, 5) is 42.2. The highest BCUT2D eigenvalue weighted by Gasteiger charge is 2.21. The highest BCUT2D eigenvalue weighted by Crippen LogP contribution is 2.27. The number of hydrogen-bond donors (Lipinski definition) is 4. The second-order valence-corrected chi connectivity index (χ2v) is 20.1. The second kappa shape index (κ2) is 29.8. The predicted molar refractivity (Wildman–Crippen MR) is 291 cm³/mol. The lowest BCUT2D eigenvalue weighted by atomic mass is 9.98. The van der Waals surface area contributed by atoms with Gasteiger partial charge in [-0.15, -0.1) is 0 Å². The molecule has 72 heavy (non-hydrogen) atoms. The molecule has 4 N–H and O–H groups in total. The van der Waals surface area contributed by atoms with E-state index in [1.807, 2.05) is 74.9 Å². The number of aliphatic imine (C=N–C) groups is 2. The molecule has 1 unspecified atom stereocenters. The average molecular weight is 1120 g/mol. The van der Waals surface area contributed by atoms with Crippen molar-refractivity contribution in [2.75, 3.05) is 40.4 Å². The van der Waals surface area contributed by atoms with E-state index >= 15 is 0 Å². The van der Waals surface area contributed by atoms with Crippen molar-refractivity contribution < 1.29 is 27.8 Å². The topological polar surface area (TPSA) is 146 Å². The number of amides is 2. The monoisotopic (exact) mass is 1120 g/mol. The summed E-state index contributed by atoms with van der Waals surface area (Å²) in [5.41, 5.74) is 3.21. The van der Waals surface area contributed by atoms with Crippen LogP contribution in [0.1, 0.15) is 110 Å². The number of methoxy groups -OCH3 is 2. The number of guanidine groups is 2. The maximum Gasteiger partial charge on any atom is 0.258 e. The predicted octanol–water partition coefficient (Wildman–Crippen LogP) is 10.5. The third kappa shape index (κ3) is 18.4. The Morgan fingerprint density at radius 3 is 1.67 bits per heavy atom. The molecule has 0 saturated carbocycles. The van der Waals surface area contributed by atoms with Gasteiger partial charge < -0.3 is 29.6 Å². The number of carbonyl (C=O) groups is 2. The summed E-state index contributed by atoms with van der Waals surface area (Å²) in [6, 6.07) is 21.4. The smallest absolute Gasteiger partial charge is 0.258 e. The van der Waals surface area contributed by atoms with Crippen LogP contribution in [0.4, 0.5) is 8.78 Å². The molecule has 1 atom stereocenters. The molecule has 5 aromatic rings. The molecule has 17 heteroatoms. The van der Waals surface area contributed by atoms with E-state index in [0.29, 0.717) is 73.4 Å². The van der Waals surface area contributed by atoms with Crippen LogP contribution in [0.5, 0.6) is 11.5 Å². The SMILES string of the molecule is COc1ccc(Br)cc1CCc1c(F)cccc1C(=O)NC(=NCCCN1CCCCC1C)NC(C)C.COc1ccc(Br)cc1CCc1c(F)cccc1C(=O)NC(=NCCCn1ccnc1)NC(C)C. The van der Waals surface area contributed by atoms with E-state index in [-0.39, 0.29) is 23.6 Å². The number of nitrogens with zero attached hydrogens (tertiary/aromatic N) is 5. The minimum absolute atomic E-state index is 0.0682. The molecule has 0 bridgehead atoms. The first-order chi connectivity index (χ1) is 34.6. The number of ether oxygens (including phenoxy) is 2. The number of aromatic nitrogens is 2. The number of imidazole rings is 1. The fourth-order valence-corrected chi connectivity index (χ4v) is 9.23. The van der Waals surface area contributed by atoms with Crippen LogP contribution in [0.3, 0.4) is 0 Å². The molecule has 388 valence electrons. The van der Waals surface area contributed by atoms with Gasteiger partial charge in [0.05, 0.1) is 20.5 Å². The largest absolute Gasteiger partial charge is 0.496 e. The first kappa shape index (κ1) is 57.3. The lowest BCUT2D eigenvalue weighted by Crippen LogP contribution is -2.44. The number of aryl methyl sites for hydroxylation is 3. The molecule has 1 aromatic heterocycles. The number of nitrogens with one attached hydrogen (secondary N) is 4. The molecule has 0 radical (unpaired) electrons. The van der Waals surface area contributed by atoms with Crippen LogP contribution >= 0.6 is 31.9 Å². The number of likely N-dealkylation sites (tertiary alicyclic amines) is 1. The van der Waals surface area contributed by atoms with Crippen LogP contribution < -0.4 is 30.7 Å². The minimum Gasteiger partial charge on any atom is -0.496 e. The summed E-state index contributed by atoms with van der Waals surface area (Å²) in [6.07, 6.45) is 12.7. The van der Waals surface area contributed by atoms with Crippen LogP contribution in [-0.2, 0) is 32.2 Å². The van der Waals surface area contributed by atoms with Gasteiger partial charge in [-0.1, -0.05) is 50.4 Å². The molecule has 0 aliphatic carbocycles. The van der Waals surface area contributed by atoms with E-state index in [0.717, 1.165) is 64.0 Å². The zero-order valence-electron chi connectivity index (χ0n) is 42.7. The molecule has 1 fully saturated rings. The lowest BCUT2D eigenvalue weighted by Gasteiger charge is -2.33. The molecule has 2 amide bonds. The fourth-order valence-electron chi connectivity index (χ4n) is 8.41. The third-order valence-electron chi connectivity index (χ3n) is 12.0. The number of rotatable bonds is 20. The van der Waals surface area contributed by atoms with Crippen LogP contribution in [0.2, 0.25) is 0 Å². The lowest BCUT2D eigenvalue weighted by molar-refractivity contribution is 0.0965. The van der Waals surface area contributed by atoms with Gasteiger partial charge in [-0.25, -0.2) is 13.8 Å². The van der Waals surface area contributed by atoms with Gasteiger partial charge in [-0.2, -0.15) is 0 Å². The maximum atomic E-state index is 14.9. The van der Waals surface area contributed by atoms with Crippen molar-refractivity contribution in [2.45, 2.75) is 117 Å². The Bertz CT molecular complexity index is 2570. The number of halogens is 4. The maximum absolute atomic E-state index is 14.9. The Morgan fingerprint density at radius 1 is 0.722 bits per heavy atom. The van der Waals surface area contributed by atoms with Gasteiger partial charge >= 0.3 is 0 Å². The van der Waals surface area contributed by atoms with Gasteiger partial charge in [0.1, 0.15) is 23.1 Å². The highest BCUT2D eigenvalue weighted by atomic mass is 79.9. The summed E-state index contributed by atoms with van der Waals surface area (Å²) in [7, 11) is 3.22. The molecule has 1 saturated heterocycles. The fraction of sp³-hybridized carbons (Fsp3) is 0.436. The summed E-state index contributed by atoms with van der Waals surface area (Å²) >= 11 is 6.95. The molecule has 1 aliphatic rings. The highest BCUT2D eigenvalue weighted by molar-refractivity contribution is 9.10. The molecule has 1 aliphatic heterocycles. The standard InChI is InChI=1S/C29H40BrFN4O2.C26H31BrFN5O2/c1-20(2)33-29(32-16-8-18-35-17-6-5-9-21(35)3)34-28(36)25-10-7-11-26(31)24(25)14-12-22-19-23(30)13-15-27(22)37-4;1-18(2)31-26(30-12-5-14-33-15-13-29-17-33)32-25(34)22-6-4-7-23(28)21(22)10-8-19-16-20(27)9-11-24(19)35-3/h7,10-11,13,15,19-21H,5-6,8-9,12,14,16-18H2,1-4H3,(H2,32,33,34,36);4,6-7,9,11,13,15-18H,5,8,10,12,14H2,1-3H3,(H2,30,31,32,34). The Labute approximate surface area is 441 Å². The molecule has 0 spiro atoms. The molecule has 13 nitrogen and oxygen atoms in total. The van der Waals surface area contributed by atoms with Crippen molar-refractivity contribution in [3.8, 4) is 11.5 Å². The second-order valence-electron chi connectivity index (χ2n) is 18.3. The van der Waals surface area contributed by atoms with Crippen molar-refractivity contribution in [1.29, 1.82) is 0 Å². The molecule has 6 rings (SSSR count). The van der Waals surface area contributed by atoms with Crippen LogP contribution in [0, 0.1) is 11.6 Å². The third-order valence-corrected chi connectivity index (χ3v) is 13.0. The number of carbonyl (C=O) groups excluding carboxylic acids is 2. The van der Waals surface area contributed by atoms with Crippen molar-refractivity contribution >= 4 is 55.6 Å². The zero-order valence-corrected chi connectivity index (χ0v) is 45.8. The summed E-state index contributed by atoms with van der Waals surface area (Å²) in [6.45, 7) is 14.3. The van der Waals surface area contributed by atoms with Gasteiger partial charge in [-0.05, 0) is 164 Å². The Morgan fingerprint density at radius 2 is 1.22 bits per heavy atom. The van der Waals surface area contributed by atoms with Crippen LogP contribution in [0.25, 0.3) is 0 Å². The van der Waals surface area contributed by atoms with E-state index in [4.69, 9.17) is 9.47 Å². The number of benzene rings is 4. The summed E-state index contributed by atoms with van der Waals surface area (Å²) in [5.74, 6) is 0.682. The quantitative estimate of drug-likeness (QED) is 0.0342. The van der Waals surface area contributed by atoms with Crippen molar-refractivity contribution in [2.24, 2.45) is 9.98 Å². The van der Waals surface area contributed by atoms with Crippen LogP contribution in [-0.4, -0.2) is 96.7 Å². The van der Waals surface area contributed by atoms with E-state index in [9.17, 15) is 18.4 Å². The van der Waals surface area contributed by atoms with Gasteiger partial charge in [0.2, 0.25) is 0 Å². The van der Waals surface area contributed by atoms with E-state index in [1.54, 1.807) is 51.0 Å². The molecule has 4 aromatic carbocycles. The van der Waals surface area contributed by atoms with Crippen molar-refractivity contribution in [1.82, 2.24) is 35.7 Å². The Kier molecular flexibility index (Phi) is 23.7. The van der Waals surface area contributed by atoms with E-state index in [1.165, 1.54) is 31.4 Å². The molecular weight excluding hydrogens is 1050 g/mol. The van der Waals surface area contributed by atoms with Gasteiger partial charge in [-0.3, -0.25) is 30.2 Å². The summed E-state index contributed by atoms with van der Waals surface area (Å²) in [5, 5.41) is 12.1. The summed E-state index contributed by atoms with van der Waals surface area (Å²) < 4.78 is 44.4. The zero-order chi connectivity index (χ0) is 52.0. The number of piperidine rings is 1. The normalized spacial score (nSPS) is 14.2. The Balaban J connectivity index is 0.000000268. The Hall–Kier alpha value is -5.65. The van der Waals surface area contributed by atoms with Crippen LogP contribution in [0.15, 0.2) is 110 Å². The van der Waals surface area contributed by atoms with Gasteiger partial charge in [0.25, 0.3) is 11.8 Å². The first-order valence-corrected chi connectivity index (χ1v) is 26.4. The van der Waals surface area contributed by atoms with Gasteiger partial charge in [0, 0.05) is 87.9 Å². The minimum atomic E-state index is -0.415. The van der Waals surface area contributed by atoms with Crippen molar-refractivity contribution in [3.05, 3.63) is 145 Å². The van der Waals surface area contributed by atoms with Gasteiger partial charge in [0.15, 0.2) is 11.9 Å². The molecular formula is C55H71Br2F2N9O4. The first-order valence-electron chi connectivity index (χ1n) is 24.8. The average Bonchev–Trinajstić information content (AvgIpc) is 3.87. The number of hydrogen-bond acceptors (Lipinski definition) is 8. The molecule has 2 heterocycles.